The van der Waals surface area contributed by atoms with Crippen LogP contribution in [0.15, 0.2) is 35.3 Å². The number of aromatic nitrogens is 2. The van der Waals surface area contributed by atoms with Gasteiger partial charge in [-0.05, 0) is 18.7 Å². The molecule has 0 saturated carbocycles. The number of hydrogen-bond acceptors (Lipinski definition) is 5. The largest absolute Gasteiger partial charge is 0.477 e. The van der Waals surface area contributed by atoms with Crippen molar-refractivity contribution in [2.24, 2.45) is 0 Å². The molecule has 1 saturated heterocycles. The van der Waals surface area contributed by atoms with Gasteiger partial charge in [0.05, 0.1) is 5.69 Å². The van der Waals surface area contributed by atoms with E-state index in [0.717, 1.165) is 48.6 Å². The highest BCUT2D eigenvalue weighted by Gasteiger charge is 2.24. The molecule has 31 heavy (non-hydrogen) atoms. The number of anilines is 1. The molecule has 1 N–H and O–H groups in total. The summed E-state index contributed by atoms with van der Waals surface area (Å²) >= 11 is 0. The maximum absolute atomic E-state index is 15.1. The third kappa shape index (κ3) is 3.74. The number of nitrogens with zero attached hydrogens (tertiary/aromatic N) is 4. The van der Waals surface area contributed by atoms with E-state index in [4.69, 9.17) is 0 Å². The summed E-state index contributed by atoms with van der Waals surface area (Å²) in [6.07, 6.45) is 0.883. The molecule has 0 aliphatic carbocycles. The summed E-state index contributed by atoms with van der Waals surface area (Å²) in [5, 5.41) is 8.81. The lowest BCUT2D eigenvalue weighted by molar-refractivity contribution is 0.0695. The number of hydrogen-bond donors (Lipinski definition) is 1. The topological polar surface area (TPSA) is 78.7 Å². The Kier molecular flexibility index (Phi) is 5.40. The first-order valence-electron chi connectivity index (χ1n) is 9.72. The van der Waals surface area contributed by atoms with E-state index in [-0.39, 0.29) is 17.2 Å². The van der Waals surface area contributed by atoms with Gasteiger partial charge in [0.2, 0.25) is 5.43 Å². The molecule has 1 aromatic carbocycles. The third-order valence-electron chi connectivity index (χ3n) is 5.44. The van der Waals surface area contributed by atoms with Gasteiger partial charge in [-0.15, -0.1) is 0 Å². The van der Waals surface area contributed by atoms with Crippen molar-refractivity contribution in [3.8, 4) is 5.69 Å². The number of fused-ring (bicyclic) bond motifs is 1. The van der Waals surface area contributed by atoms with E-state index in [0.29, 0.717) is 19.2 Å². The molecule has 162 valence electrons. The second-order valence-corrected chi connectivity index (χ2v) is 7.22. The molecule has 0 unspecified atom stereocenters. The number of pyridine rings is 2. The second-order valence-electron chi connectivity index (χ2n) is 7.22. The second kappa shape index (κ2) is 8.03. The molecule has 1 aliphatic rings. The van der Waals surface area contributed by atoms with Crippen molar-refractivity contribution >= 4 is 22.8 Å². The Hall–Kier alpha value is -3.40. The van der Waals surface area contributed by atoms with Gasteiger partial charge in [-0.3, -0.25) is 9.36 Å². The van der Waals surface area contributed by atoms with Crippen LogP contribution in [0.2, 0.25) is 0 Å². The number of piperazine rings is 1. The lowest BCUT2D eigenvalue weighted by Crippen LogP contribution is -2.46. The molecule has 1 fully saturated rings. The van der Waals surface area contributed by atoms with Crippen LogP contribution in [0.4, 0.5) is 19.0 Å². The maximum Gasteiger partial charge on any atom is 0.341 e. The molecule has 0 spiro atoms. The zero-order valence-electron chi connectivity index (χ0n) is 16.6. The molecule has 3 heterocycles. The van der Waals surface area contributed by atoms with Crippen LogP contribution in [-0.4, -0.2) is 58.3 Å². The summed E-state index contributed by atoms with van der Waals surface area (Å²) in [5.41, 5.74) is -2.31. The summed E-state index contributed by atoms with van der Waals surface area (Å²) in [6, 6.07) is 3.76. The van der Waals surface area contributed by atoms with Crippen molar-refractivity contribution in [2.75, 3.05) is 37.6 Å². The van der Waals surface area contributed by atoms with E-state index in [2.05, 4.69) is 9.88 Å². The average Bonchev–Trinajstić information content (AvgIpc) is 2.74. The summed E-state index contributed by atoms with van der Waals surface area (Å²) < 4.78 is 44.0. The number of likely N-dealkylation sites (N-methyl/N-ethyl adjacent to an activating group) is 1. The van der Waals surface area contributed by atoms with Gasteiger partial charge in [0.25, 0.3) is 0 Å². The number of rotatable bonds is 4. The lowest BCUT2D eigenvalue weighted by atomic mass is 10.1. The first-order chi connectivity index (χ1) is 14.8. The summed E-state index contributed by atoms with van der Waals surface area (Å²) in [5.74, 6) is -4.15. The van der Waals surface area contributed by atoms with Crippen molar-refractivity contribution in [1.29, 1.82) is 0 Å². The number of carboxylic acid groups (broad SMARTS) is 1. The zero-order chi connectivity index (χ0) is 22.3. The van der Waals surface area contributed by atoms with Crippen molar-refractivity contribution in [3.63, 3.8) is 0 Å². The van der Waals surface area contributed by atoms with Crippen LogP contribution in [-0.2, 0) is 0 Å². The molecule has 1 aliphatic heterocycles. The summed E-state index contributed by atoms with van der Waals surface area (Å²) in [4.78, 5) is 32.6. The predicted molar refractivity (Wildman–Crippen MR) is 109 cm³/mol. The molecule has 0 atom stereocenters. The fourth-order valence-electron chi connectivity index (χ4n) is 3.72. The van der Waals surface area contributed by atoms with Gasteiger partial charge in [0, 0.05) is 44.5 Å². The fraction of sp³-hybridized carbons (Fsp3) is 0.286. The number of aromatic carboxylic acids is 1. The van der Waals surface area contributed by atoms with Gasteiger partial charge in [-0.1, -0.05) is 6.92 Å². The monoisotopic (exact) mass is 432 g/mol. The molecule has 2 aromatic heterocycles. The Morgan fingerprint density at radius 1 is 1.10 bits per heavy atom. The molecule has 10 heteroatoms. The molecule has 3 aromatic rings. The summed E-state index contributed by atoms with van der Waals surface area (Å²) in [7, 11) is 0. The van der Waals surface area contributed by atoms with Crippen LogP contribution < -0.4 is 10.3 Å². The molecular weight excluding hydrogens is 413 g/mol. The van der Waals surface area contributed by atoms with Gasteiger partial charge < -0.3 is 14.9 Å². The minimum absolute atomic E-state index is 0.242. The molecule has 4 rings (SSSR count). The standard InChI is InChI=1S/C21H19F3N4O3/c1-2-26-5-7-27(8-6-26)17-10-15(24)18-19(29)13(21(30)31)11-28(20(18)25-17)16-4-3-12(22)9-14(16)23/h3-4,9-11H,2,5-8H2,1H3,(H,30,31). The van der Waals surface area contributed by atoms with E-state index in [1.54, 1.807) is 0 Å². The maximum atomic E-state index is 15.1. The highest BCUT2D eigenvalue weighted by Crippen LogP contribution is 2.25. The van der Waals surface area contributed by atoms with Gasteiger partial charge in [-0.2, -0.15) is 0 Å². The Balaban J connectivity index is 1.96. The first-order valence-corrected chi connectivity index (χ1v) is 9.72. The van der Waals surface area contributed by atoms with Gasteiger partial charge in [0.1, 0.15) is 34.2 Å². The van der Waals surface area contributed by atoms with Crippen LogP contribution in [0.25, 0.3) is 16.7 Å². The molecule has 0 amide bonds. The quantitative estimate of drug-likeness (QED) is 0.683. The molecule has 7 nitrogen and oxygen atoms in total. The lowest BCUT2D eigenvalue weighted by Gasteiger charge is -2.34. The van der Waals surface area contributed by atoms with Crippen LogP contribution >= 0.6 is 0 Å². The van der Waals surface area contributed by atoms with E-state index in [9.17, 15) is 23.5 Å². The van der Waals surface area contributed by atoms with Crippen molar-refractivity contribution in [1.82, 2.24) is 14.5 Å². The van der Waals surface area contributed by atoms with Gasteiger partial charge in [-0.25, -0.2) is 22.9 Å². The first kappa shape index (κ1) is 20.9. The normalized spacial score (nSPS) is 14.9. The fourth-order valence-corrected chi connectivity index (χ4v) is 3.72. The Morgan fingerprint density at radius 2 is 1.81 bits per heavy atom. The molecule has 0 radical (unpaired) electrons. The van der Waals surface area contributed by atoms with Crippen LogP contribution in [0, 0.1) is 17.5 Å². The van der Waals surface area contributed by atoms with Gasteiger partial charge >= 0.3 is 5.97 Å². The minimum Gasteiger partial charge on any atom is -0.477 e. The Morgan fingerprint density at radius 3 is 2.42 bits per heavy atom. The minimum atomic E-state index is -1.60. The highest BCUT2D eigenvalue weighted by atomic mass is 19.1. The highest BCUT2D eigenvalue weighted by molar-refractivity contribution is 5.92. The summed E-state index contributed by atoms with van der Waals surface area (Å²) in [6.45, 7) is 5.57. The number of carbonyl (C=O) groups is 1. The third-order valence-corrected chi connectivity index (χ3v) is 5.44. The van der Waals surface area contributed by atoms with Crippen LogP contribution in [0.5, 0.6) is 0 Å². The van der Waals surface area contributed by atoms with E-state index in [1.807, 2.05) is 11.8 Å². The molecular formula is C21H19F3N4O3. The van der Waals surface area contributed by atoms with Crippen LogP contribution in [0.1, 0.15) is 17.3 Å². The van der Waals surface area contributed by atoms with E-state index in [1.165, 1.54) is 0 Å². The van der Waals surface area contributed by atoms with Gasteiger partial charge in [0.15, 0.2) is 5.65 Å². The smallest absolute Gasteiger partial charge is 0.341 e. The number of halogens is 3. The predicted octanol–water partition coefficient (Wildman–Crippen LogP) is 2.64. The van der Waals surface area contributed by atoms with Crippen molar-refractivity contribution < 1.29 is 23.1 Å². The number of benzene rings is 1. The average molecular weight is 432 g/mol. The SMILES string of the molecule is CCN1CCN(c2cc(F)c3c(=O)c(C(=O)O)cn(-c4ccc(F)cc4F)c3n2)CC1. The number of carboxylic acids is 1. The van der Waals surface area contributed by atoms with Crippen molar-refractivity contribution in [2.45, 2.75) is 6.92 Å². The van der Waals surface area contributed by atoms with Crippen LogP contribution in [0.3, 0.4) is 0 Å². The van der Waals surface area contributed by atoms with E-state index >= 15 is 4.39 Å². The Bertz CT molecular complexity index is 1240. The van der Waals surface area contributed by atoms with Crippen molar-refractivity contribution in [3.05, 3.63) is 63.7 Å². The molecule has 0 bridgehead atoms. The zero-order valence-corrected chi connectivity index (χ0v) is 16.6. The van der Waals surface area contributed by atoms with E-state index < -0.39 is 39.8 Å². The Labute approximate surface area is 175 Å².